The minimum atomic E-state index is -0.229. The number of aromatic hydroxyl groups is 1. The van der Waals surface area contributed by atoms with Crippen molar-refractivity contribution in [3.05, 3.63) is 47.5 Å². The Kier molecular flexibility index (Phi) is 5.12. The van der Waals surface area contributed by atoms with Crippen LogP contribution >= 0.6 is 0 Å². The highest BCUT2D eigenvalue weighted by Gasteiger charge is 2.23. The van der Waals surface area contributed by atoms with E-state index >= 15 is 0 Å². The number of hydrogen-bond donors (Lipinski definition) is 2. The van der Waals surface area contributed by atoms with Crippen LogP contribution in [0.1, 0.15) is 12.7 Å². The first-order valence-electron chi connectivity index (χ1n) is 8.41. The summed E-state index contributed by atoms with van der Waals surface area (Å²) in [6, 6.07) is 8.28. The number of carbonyl (C=O) groups is 1. The van der Waals surface area contributed by atoms with Crippen molar-refractivity contribution in [1.29, 1.82) is 0 Å². The summed E-state index contributed by atoms with van der Waals surface area (Å²) in [7, 11) is 2.85. The van der Waals surface area contributed by atoms with Crippen LogP contribution in [0.4, 0.5) is 5.69 Å². The van der Waals surface area contributed by atoms with E-state index in [1.807, 2.05) is 0 Å². The van der Waals surface area contributed by atoms with Gasteiger partial charge in [0, 0.05) is 25.1 Å². The smallest absolute Gasteiger partial charge is 0.392 e. The van der Waals surface area contributed by atoms with Crippen molar-refractivity contribution in [2.75, 3.05) is 19.5 Å². The summed E-state index contributed by atoms with van der Waals surface area (Å²) >= 11 is 0. The number of hydrogen-bond acceptors (Lipinski definition) is 6. The molecule has 0 radical (unpaired) electrons. The third-order valence-electron chi connectivity index (χ3n) is 4.12. The van der Waals surface area contributed by atoms with Gasteiger partial charge in [0.05, 0.1) is 19.8 Å². The Morgan fingerprint density at radius 3 is 2.29 bits per heavy atom. The number of amides is 1. The van der Waals surface area contributed by atoms with Gasteiger partial charge in [-0.25, -0.2) is 0 Å². The molecule has 0 unspecified atom stereocenters. The fraction of sp³-hybridized carbons (Fsp3) is 0.200. The van der Waals surface area contributed by atoms with Crippen LogP contribution in [0.5, 0.6) is 17.2 Å². The van der Waals surface area contributed by atoms with E-state index in [9.17, 15) is 15.1 Å². The summed E-state index contributed by atoms with van der Waals surface area (Å²) in [6.45, 7) is 3.08. The van der Waals surface area contributed by atoms with Crippen LogP contribution in [-0.4, -0.2) is 25.2 Å². The molecule has 1 heterocycles. The predicted molar refractivity (Wildman–Crippen MR) is 102 cm³/mol. The monoisotopic (exact) mass is 384 g/mol. The zero-order chi connectivity index (χ0) is 20.4. The summed E-state index contributed by atoms with van der Waals surface area (Å²) in [5.41, 5.74) is 2.23. The van der Waals surface area contributed by atoms with Crippen LogP contribution in [0.2, 0.25) is 0 Å². The van der Waals surface area contributed by atoms with Crippen LogP contribution in [0.15, 0.2) is 40.9 Å². The normalized spacial score (nSPS) is 10.6. The Morgan fingerprint density at radius 2 is 1.79 bits per heavy atom. The quantitative estimate of drug-likeness (QED) is 0.516. The van der Waals surface area contributed by atoms with Gasteiger partial charge in [-0.1, -0.05) is 0 Å². The molecule has 0 aliphatic rings. The molecule has 8 heteroatoms. The molecular formula is C20H20N2O6. The number of ether oxygens (including phenoxy) is 2. The Morgan fingerprint density at radius 1 is 1.14 bits per heavy atom. The summed E-state index contributed by atoms with van der Waals surface area (Å²) in [4.78, 5) is 11.5. The number of benzene rings is 2. The van der Waals surface area contributed by atoms with Crippen molar-refractivity contribution in [2.45, 2.75) is 13.8 Å². The second-order valence-electron chi connectivity index (χ2n) is 6.14. The van der Waals surface area contributed by atoms with Crippen molar-refractivity contribution in [1.82, 2.24) is 0 Å². The summed E-state index contributed by atoms with van der Waals surface area (Å²) in [5, 5.41) is 25.2. The van der Waals surface area contributed by atoms with Crippen molar-refractivity contribution in [3.63, 3.8) is 0 Å². The molecule has 0 aliphatic heterocycles. The maximum absolute atomic E-state index is 12.3. The zero-order valence-corrected chi connectivity index (χ0v) is 15.9. The molecule has 2 N–H and O–H groups in total. The molecule has 146 valence electrons. The number of anilines is 1. The number of rotatable bonds is 5. The third-order valence-corrected chi connectivity index (χ3v) is 4.12. The third kappa shape index (κ3) is 3.57. The standard InChI is InChI=1S/C20H20N2O6/c1-11-10-22(25)20(28-11)15-6-5-14(21-12(2)23)9-16(15)13-7-17(26-3)19(24)18(8-13)27-4/h5-10,24H,1-4H3,(H,21,23). The van der Waals surface area contributed by atoms with E-state index in [4.69, 9.17) is 13.9 Å². The van der Waals surface area contributed by atoms with Gasteiger partial charge < -0.3 is 29.5 Å². The molecule has 1 amide bonds. The van der Waals surface area contributed by atoms with Gasteiger partial charge in [-0.05, 0) is 35.9 Å². The lowest BCUT2D eigenvalue weighted by molar-refractivity contribution is -0.596. The first-order chi connectivity index (χ1) is 13.3. The van der Waals surface area contributed by atoms with E-state index in [1.54, 1.807) is 37.3 Å². The molecule has 0 spiro atoms. The van der Waals surface area contributed by atoms with Crippen LogP contribution < -0.4 is 19.5 Å². The molecule has 2 aromatic carbocycles. The van der Waals surface area contributed by atoms with E-state index in [2.05, 4.69) is 5.32 Å². The number of carbonyl (C=O) groups excluding carboxylic acids is 1. The number of methoxy groups -OCH3 is 2. The minimum absolute atomic E-state index is 0.105. The Hall–Kier alpha value is -3.68. The maximum atomic E-state index is 12.3. The summed E-state index contributed by atoms with van der Waals surface area (Å²) < 4.78 is 16.7. The van der Waals surface area contributed by atoms with E-state index in [0.717, 1.165) is 0 Å². The van der Waals surface area contributed by atoms with Crippen LogP contribution in [0, 0.1) is 12.1 Å². The molecule has 28 heavy (non-hydrogen) atoms. The number of nitrogens with zero attached hydrogens (tertiary/aromatic N) is 1. The van der Waals surface area contributed by atoms with Crippen molar-refractivity contribution >= 4 is 11.6 Å². The number of aryl methyl sites for hydroxylation is 1. The fourth-order valence-electron chi connectivity index (χ4n) is 2.92. The van der Waals surface area contributed by atoms with Crippen molar-refractivity contribution in [3.8, 4) is 39.8 Å². The number of oxazole rings is 1. The molecule has 3 aromatic rings. The highest BCUT2D eigenvalue weighted by atomic mass is 16.5. The molecule has 8 nitrogen and oxygen atoms in total. The van der Waals surface area contributed by atoms with Gasteiger partial charge in [0.25, 0.3) is 0 Å². The highest BCUT2D eigenvalue weighted by Crippen LogP contribution is 2.43. The molecular weight excluding hydrogens is 364 g/mol. The van der Waals surface area contributed by atoms with Gasteiger partial charge in [-0.2, -0.15) is 0 Å². The highest BCUT2D eigenvalue weighted by molar-refractivity contribution is 5.92. The van der Waals surface area contributed by atoms with Gasteiger partial charge in [0.1, 0.15) is 0 Å². The average molecular weight is 384 g/mol. The molecule has 0 aliphatic carbocycles. The lowest BCUT2D eigenvalue weighted by atomic mass is 9.97. The summed E-state index contributed by atoms with van der Waals surface area (Å²) in [6.07, 6.45) is 1.33. The second kappa shape index (κ2) is 7.51. The second-order valence-corrected chi connectivity index (χ2v) is 6.14. The first-order valence-corrected chi connectivity index (χ1v) is 8.41. The number of phenols is 1. The van der Waals surface area contributed by atoms with E-state index in [-0.39, 0.29) is 29.0 Å². The minimum Gasteiger partial charge on any atom is -0.616 e. The van der Waals surface area contributed by atoms with Gasteiger partial charge >= 0.3 is 5.89 Å². The van der Waals surface area contributed by atoms with Crippen molar-refractivity contribution in [2.24, 2.45) is 0 Å². The van der Waals surface area contributed by atoms with Crippen LogP contribution in [0.3, 0.4) is 0 Å². The predicted octanol–water partition coefficient (Wildman–Crippen LogP) is 3.24. The Bertz CT molecular complexity index is 1020. The van der Waals surface area contributed by atoms with Crippen LogP contribution in [0.25, 0.3) is 22.6 Å². The van der Waals surface area contributed by atoms with Gasteiger partial charge in [-0.15, -0.1) is 4.73 Å². The van der Waals surface area contributed by atoms with Gasteiger partial charge in [-0.3, -0.25) is 4.79 Å². The van der Waals surface area contributed by atoms with E-state index in [1.165, 1.54) is 27.3 Å². The number of nitrogens with one attached hydrogen (secondary N) is 1. The number of aromatic nitrogens is 1. The molecule has 3 rings (SSSR count). The van der Waals surface area contributed by atoms with Crippen molar-refractivity contribution < 1.29 is 28.5 Å². The zero-order valence-electron chi connectivity index (χ0n) is 15.9. The van der Waals surface area contributed by atoms with Crippen LogP contribution in [-0.2, 0) is 4.79 Å². The molecule has 0 bridgehead atoms. The Labute approximate surface area is 161 Å². The van der Waals surface area contributed by atoms with Gasteiger partial charge in [0.2, 0.25) is 17.9 Å². The molecule has 0 saturated carbocycles. The lowest BCUT2D eigenvalue weighted by Crippen LogP contribution is -2.25. The van der Waals surface area contributed by atoms with Gasteiger partial charge in [0.15, 0.2) is 17.3 Å². The topological polar surface area (TPSA) is 108 Å². The molecule has 0 fully saturated rings. The molecule has 0 atom stereocenters. The first kappa shape index (κ1) is 19.1. The van der Waals surface area contributed by atoms with E-state index < -0.39 is 0 Å². The van der Waals surface area contributed by atoms with E-state index in [0.29, 0.717) is 32.9 Å². The largest absolute Gasteiger partial charge is 0.616 e. The maximum Gasteiger partial charge on any atom is 0.392 e. The molecule has 0 saturated heterocycles. The summed E-state index contributed by atoms with van der Waals surface area (Å²) in [5.74, 6) is 0.607. The SMILES string of the molecule is COc1cc(-c2cc(NC(C)=O)ccc2-c2oc(C)c[n+]2[O-])cc(OC)c1O. The average Bonchev–Trinajstić information content (AvgIpc) is 2.99. The Balaban J connectivity index is 2.28. The number of phenolic OH excluding ortho intramolecular Hbond substituents is 1. The lowest BCUT2D eigenvalue weighted by Gasteiger charge is -2.14. The fourth-order valence-corrected chi connectivity index (χ4v) is 2.92. The molecule has 1 aromatic heterocycles.